The Bertz CT molecular complexity index is 965. The van der Waals surface area contributed by atoms with Crippen LogP contribution in [0.1, 0.15) is 51.0 Å². The molecule has 2 amide bonds. The summed E-state index contributed by atoms with van der Waals surface area (Å²) in [7, 11) is 0. The topological polar surface area (TPSA) is 52.7 Å². The van der Waals surface area contributed by atoms with Gasteiger partial charge in [0, 0.05) is 37.8 Å². The predicted molar refractivity (Wildman–Crippen MR) is 130 cm³/mol. The molecule has 0 spiro atoms. The van der Waals surface area contributed by atoms with E-state index >= 15 is 0 Å². The summed E-state index contributed by atoms with van der Waals surface area (Å²) in [5.74, 6) is -0.0151. The van der Waals surface area contributed by atoms with Gasteiger partial charge in [-0.2, -0.15) is 0 Å². The largest absolute Gasteiger partial charge is 0.369 e. The van der Waals surface area contributed by atoms with Gasteiger partial charge in [-0.3, -0.25) is 9.59 Å². The molecule has 2 aromatic carbocycles. The number of carbonyl (C=O) groups is 2. The highest BCUT2D eigenvalue weighted by Gasteiger charge is 2.35. The van der Waals surface area contributed by atoms with Crippen LogP contribution in [0.3, 0.4) is 0 Å². The number of halogens is 1. The first kappa shape index (κ1) is 23.3. The molecule has 4 rings (SSSR count). The number of piperidine rings is 1. The van der Waals surface area contributed by atoms with Gasteiger partial charge in [-0.25, -0.2) is 4.39 Å². The van der Waals surface area contributed by atoms with Crippen molar-refractivity contribution in [3.8, 4) is 0 Å². The molecule has 2 aromatic rings. The van der Waals surface area contributed by atoms with Crippen molar-refractivity contribution < 1.29 is 14.0 Å². The van der Waals surface area contributed by atoms with Crippen LogP contribution < -0.4 is 10.2 Å². The predicted octanol–water partition coefficient (Wildman–Crippen LogP) is 5.04. The van der Waals surface area contributed by atoms with Gasteiger partial charge in [0.15, 0.2) is 0 Å². The van der Waals surface area contributed by atoms with E-state index < -0.39 is 0 Å². The molecule has 0 aromatic heterocycles. The van der Waals surface area contributed by atoms with Crippen molar-refractivity contribution in [2.75, 3.05) is 36.4 Å². The Morgan fingerprint density at radius 3 is 2.27 bits per heavy atom. The minimum absolute atomic E-state index is 0.0206. The van der Waals surface area contributed by atoms with Crippen LogP contribution in [-0.2, 0) is 9.59 Å². The zero-order valence-electron chi connectivity index (χ0n) is 19.6. The minimum Gasteiger partial charge on any atom is -0.369 e. The molecule has 2 aliphatic rings. The van der Waals surface area contributed by atoms with E-state index in [9.17, 15) is 14.0 Å². The normalized spacial score (nSPS) is 17.5. The number of carbonyl (C=O) groups excluding carboxylic acids is 2. The molecule has 33 heavy (non-hydrogen) atoms. The molecule has 1 unspecified atom stereocenters. The highest BCUT2D eigenvalue weighted by Crippen LogP contribution is 2.37. The number of amides is 2. The molecule has 1 heterocycles. The molecule has 5 nitrogen and oxygen atoms in total. The Labute approximate surface area is 196 Å². The molecule has 1 aliphatic carbocycles. The Balaban J connectivity index is 1.45. The first-order chi connectivity index (χ1) is 16.0. The van der Waals surface area contributed by atoms with E-state index in [1.54, 1.807) is 12.1 Å². The van der Waals surface area contributed by atoms with Crippen LogP contribution in [0.2, 0.25) is 0 Å². The van der Waals surface area contributed by atoms with Gasteiger partial charge >= 0.3 is 0 Å². The van der Waals surface area contributed by atoms with Gasteiger partial charge in [-0.05, 0) is 69.2 Å². The number of anilines is 2. The van der Waals surface area contributed by atoms with E-state index in [4.69, 9.17) is 0 Å². The quantitative estimate of drug-likeness (QED) is 0.612. The van der Waals surface area contributed by atoms with Gasteiger partial charge in [0.05, 0.1) is 11.6 Å². The maximum absolute atomic E-state index is 14.9. The smallest absolute Gasteiger partial charge is 0.230 e. The summed E-state index contributed by atoms with van der Waals surface area (Å²) in [6, 6.07) is 15.0. The molecule has 1 N–H and O–H groups in total. The third kappa shape index (κ3) is 5.37. The Morgan fingerprint density at radius 2 is 1.70 bits per heavy atom. The minimum atomic E-state index is -0.319. The molecule has 176 valence electrons. The average Bonchev–Trinajstić information content (AvgIpc) is 3.67. The van der Waals surface area contributed by atoms with Crippen LogP contribution in [-0.4, -0.2) is 42.9 Å². The summed E-state index contributed by atoms with van der Waals surface area (Å²) in [6.45, 7) is 6.84. The molecule has 1 saturated carbocycles. The van der Waals surface area contributed by atoms with Crippen LogP contribution in [0.25, 0.3) is 0 Å². The van der Waals surface area contributed by atoms with E-state index in [1.165, 1.54) is 6.07 Å². The highest BCUT2D eigenvalue weighted by molar-refractivity contribution is 5.94. The summed E-state index contributed by atoms with van der Waals surface area (Å²) in [4.78, 5) is 29.3. The Morgan fingerprint density at radius 1 is 1.03 bits per heavy atom. The molecule has 1 atom stereocenters. The fourth-order valence-corrected chi connectivity index (χ4v) is 4.91. The van der Waals surface area contributed by atoms with Crippen molar-refractivity contribution in [3.05, 3.63) is 59.9 Å². The lowest BCUT2D eigenvalue weighted by molar-refractivity contribution is -0.134. The van der Waals surface area contributed by atoms with E-state index in [2.05, 4.69) is 10.2 Å². The fraction of sp³-hybridized carbons (Fsp3) is 0.481. The van der Waals surface area contributed by atoms with Crippen LogP contribution >= 0.6 is 0 Å². The molecule has 1 saturated heterocycles. The Hall–Kier alpha value is -2.89. The van der Waals surface area contributed by atoms with Crippen LogP contribution in [0.5, 0.6) is 0 Å². The number of benzene rings is 2. The first-order valence-corrected chi connectivity index (χ1v) is 12.2. The van der Waals surface area contributed by atoms with E-state index in [0.29, 0.717) is 37.6 Å². The zero-order chi connectivity index (χ0) is 23.4. The van der Waals surface area contributed by atoms with Crippen molar-refractivity contribution in [2.24, 2.45) is 11.8 Å². The monoisotopic (exact) mass is 451 g/mol. The molecule has 2 fully saturated rings. The highest BCUT2D eigenvalue weighted by atomic mass is 19.1. The third-order valence-electron chi connectivity index (χ3n) is 7.01. The SMILES string of the molecule is CCN(CC)C(=O)C(c1ccccc1)C1CCN(c2ccc(NC(=O)C3CC3)cc2F)CC1. The molecule has 0 radical (unpaired) electrons. The second-order valence-electron chi connectivity index (χ2n) is 9.15. The zero-order valence-corrected chi connectivity index (χ0v) is 19.6. The van der Waals surface area contributed by atoms with Crippen molar-refractivity contribution in [1.82, 2.24) is 4.90 Å². The Kier molecular flexibility index (Phi) is 7.31. The summed E-state index contributed by atoms with van der Waals surface area (Å²) >= 11 is 0. The van der Waals surface area contributed by atoms with Crippen LogP contribution in [0.4, 0.5) is 15.8 Å². The summed E-state index contributed by atoms with van der Waals surface area (Å²) in [5, 5.41) is 2.81. The molecule has 0 bridgehead atoms. The van der Waals surface area contributed by atoms with E-state index in [0.717, 1.165) is 31.2 Å². The van der Waals surface area contributed by atoms with Gasteiger partial charge in [0.1, 0.15) is 5.82 Å². The lowest BCUT2D eigenvalue weighted by Crippen LogP contribution is -2.42. The second-order valence-corrected chi connectivity index (χ2v) is 9.15. The number of nitrogens with zero attached hydrogens (tertiary/aromatic N) is 2. The van der Waals surface area contributed by atoms with Gasteiger partial charge in [-0.15, -0.1) is 0 Å². The molecule has 1 aliphatic heterocycles. The van der Waals surface area contributed by atoms with Crippen molar-refractivity contribution in [1.29, 1.82) is 0 Å². The first-order valence-electron chi connectivity index (χ1n) is 12.2. The van der Waals surface area contributed by atoms with E-state index in [-0.39, 0.29) is 35.4 Å². The second kappa shape index (κ2) is 10.4. The summed E-state index contributed by atoms with van der Waals surface area (Å²) in [5.41, 5.74) is 2.14. The number of rotatable bonds is 8. The van der Waals surface area contributed by atoms with Gasteiger partial charge in [0.25, 0.3) is 0 Å². The lowest BCUT2D eigenvalue weighted by Gasteiger charge is -2.38. The maximum atomic E-state index is 14.9. The number of nitrogens with one attached hydrogen (secondary N) is 1. The average molecular weight is 452 g/mol. The van der Waals surface area contributed by atoms with Gasteiger partial charge in [-0.1, -0.05) is 30.3 Å². The number of hydrogen-bond donors (Lipinski definition) is 1. The third-order valence-corrected chi connectivity index (χ3v) is 7.01. The lowest BCUT2D eigenvalue weighted by atomic mass is 9.79. The van der Waals surface area contributed by atoms with Crippen molar-refractivity contribution >= 4 is 23.2 Å². The molecular weight excluding hydrogens is 417 g/mol. The van der Waals surface area contributed by atoms with Gasteiger partial charge in [0.2, 0.25) is 11.8 Å². The molecule has 6 heteroatoms. The van der Waals surface area contributed by atoms with Crippen LogP contribution in [0.15, 0.2) is 48.5 Å². The van der Waals surface area contributed by atoms with Crippen molar-refractivity contribution in [3.63, 3.8) is 0 Å². The van der Waals surface area contributed by atoms with Gasteiger partial charge < -0.3 is 15.1 Å². The molecular formula is C27H34FN3O2. The standard InChI is InChI=1S/C27H34FN3O2/c1-3-30(4-2)27(33)25(19-8-6-5-7-9-19)20-14-16-31(17-15-20)24-13-12-22(18-23(24)28)29-26(32)21-10-11-21/h5-9,12-13,18,20-21,25H,3-4,10-11,14-17H2,1-2H3,(H,29,32). The van der Waals surface area contributed by atoms with Crippen molar-refractivity contribution in [2.45, 2.75) is 45.4 Å². The maximum Gasteiger partial charge on any atom is 0.230 e. The summed E-state index contributed by atoms with van der Waals surface area (Å²) in [6.07, 6.45) is 3.49. The number of likely N-dealkylation sites (N-methyl/N-ethyl adjacent to an activating group) is 1. The van der Waals surface area contributed by atoms with Crippen LogP contribution in [0, 0.1) is 17.7 Å². The number of hydrogen-bond acceptors (Lipinski definition) is 3. The fourth-order valence-electron chi connectivity index (χ4n) is 4.91. The van der Waals surface area contributed by atoms with E-state index in [1.807, 2.05) is 49.1 Å². The summed E-state index contributed by atoms with van der Waals surface area (Å²) < 4.78 is 14.9.